The molecule has 0 bridgehead atoms. The van der Waals surface area contributed by atoms with Gasteiger partial charge in [0.05, 0.1) is 18.0 Å². The second kappa shape index (κ2) is 9.35. The Morgan fingerprint density at radius 3 is 2.59 bits per heavy atom. The molecule has 3 aromatic rings. The molecule has 34 heavy (non-hydrogen) atoms. The lowest BCUT2D eigenvalue weighted by Gasteiger charge is -2.32. The summed E-state index contributed by atoms with van der Waals surface area (Å²) in [7, 11) is 0. The second-order valence-corrected chi connectivity index (χ2v) is 9.01. The molecule has 2 aliphatic rings. The number of hydrogen-bond acceptors (Lipinski definition) is 4. The zero-order valence-electron chi connectivity index (χ0n) is 18.8. The van der Waals surface area contributed by atoms with Gasteiger partial charge in [-0.15, -0.1) is 0 Å². The molecule has 3 N–H and O–H groups in total. The van der Waals surface area contributed by atoms with Crippen molar-refractivity contribution in [3.8, 4) is 0 Å². The number of halogens is 1. The third kappa shape index (κ3) is 4.31. The number of benzene rings is 2. The number of nitrogens with two attached hydrogens (primary N) is 1. The topological polar surface area (TPSA) is 88.3 Å². The van der Waals surface area contributed by atoms with Gasteiger partial charge in [-0.05, 0) is 78.8 Å². The van der Waals surface area contributed by atoms with Gasteiger partial charge in [-0.1, -0.05) is 18.2 Å². The van der Waals surface area contributed by atoms with E-state index in [-0.39, 0.29) is 35.6 Å². The maximum atomic E-state index is 13.8. The molecule has 2 aromatic carbocycles. The number of likely N-dealkylation sites (tertiary alicyclic amines) is 1. The normalized spacial score (nSPS) is 20.1. The number of hydrogen-bond donors (Lipinski definition) is 2. The molecular weight excluding hydrogens is 431 g/mol. The first-order valence-electron chi connectivity index (χ1n) is 11.7. The summed E-state index contributed by atoms with van der Waals surface area (Å²) in [6.45, 7) is 0.658. The number of amides is 2. The molecule has 3 atom stereocenters. The van der Waals surface area contributed by atoms with Crippen LogP contribution in [0.25, 0.3) is 0 Å². The Hall–Kier alpha value is -3.58. The van der Waals surface area contributed by atoms with Crippen molar-refractivity contribution in [2.24, 2.45) is 5.73 Å². The number of pyridine rings is 1. The number of rotatable bonds is 5. The number of carbonyl (C=O) groups is 2. The molecule has 0 radical (unpaired) electrons. The van der Waals surface area contributed by atoms with Crippen molar-refractivity contribution in [3.05, 3.63) is 95.1 Å². The van der Waals surface area contributed by atoms with Gasteiger partial charge in [-0.2, -0.15) is 0 Å². The van der Waals surface area contributed by atoms with Gasteiger partial charge < -0.3 is 16.0 Å². The highest BCUT2D eigenvalue weighted by molar-refractivity contribution is 6.04. The number of carbonyl (C=O) groups excluding carboxylic acids is 2. The number of nitrogens with zero attached hydrogens (tertiary/aromatic N) is 2. The third-order valence-corrected chi connectivity index (χ3v) is 6.98. The summed E-state index contributed by atoms with van der Waals surface area (Å²) in [5.74, 6) is -0.786. The Kier molecular flexibility index (Phi) is 6.11. The van der Waals surface area contributed by atoms with Crippen molar-refractivity contribution < 1.29 is 14.0 Å². The fourth-order valence-corrected chi connectivity index (χ4v) is 5.19. The van der Waals surface area contributed by atoms with Crippen molar-refractivity contribution in [2.45, 2.75) is 43.7 Å². The zero-order valence-corrected chi connectivity index (χ0v) is 18.8. The Bertz CT molecular complexity index is 1200. The molecule has 174 valence electrons. The molecule has 1 aromatic heterocycles. The summed E-state index contributed by atoms with van der Waals surface area (Å²) in [5, 5.41) is 2.84. The number of anilines is 1. The van der Waals surface area contributed by atoms with Crippen LogP contribution in [0.1, 0.15) is 58.3 Å². The zero-order chi connectivity index (χ0) is 23.7. The summed E-state index contributed by atoms with van der Waals surface area (Å²) in [4.78, 5) is 31.8. The lowest BCUT2D eigenvalue weighted by atomic mass is 9.95. The Labute approximate surface area is 198 Å². The van der Waals surface area contributed by atoms with Crippen LogP contribution in [0.3, 0.4) is 0 Å². The van der Waals surface area contributed by atoms with E-state index in [1.54, 1.807) is 42.7 Å². The second-order valence-electron chi connectivity index (χ2n) is 9.01. The third-order valence-electron chi connectivity index (χ3n) is 6.98. The molecule has 0 saturated carbocycles. The quantitative estimate of drug-likeness (QED) is 0.600. The van der Waals surface area contributed by atoms with Crippen molar-refractivity contribution in [3.63, 3.8) is 0 Å². The van der Waals surface area contributed by atoms with E-state index >= 15 is 0 Å². The van der Waals surface area contributed by atoms with E-state index in [0.717, 1.165) is 36.0 Å². The summed E-state index contributed by atoms with van der Waals surface area (Å²) in [6, 6.07) is 14.9. The largest absolute Gasteiger partial charge is 0.337 e. The number of nitrogens with one attached hydrogen (secondary N) is 1. The minimum absolute atomic E-state index is 0.0376. The van der Waals surface area contributed by atoms with E-state index in [0.29, 0.717) is 24.2 Å². The molecule has 5 rings (SSSR count). The molecule has 3 unspecified atom stereocenters. The smallest absolute Gasteiger partial charge is 0.255 e. The van der Waals surface area contributed by atoms with Gasteiger partial charge in [-0.25, -0.2) is 4.39 Å². The molecule has 0 spiro atoms. The predicted molar refractivity (Wildman–Crippen MR) is 128 cm³/mol. The maximum Gasteiger partial charge on any atom is 0.255 e. The van der Waals surface area contributed by atoms with Crippen LogP contribution >= 0.6 is 0 Å². The molecule has 6 nitrogen and oxygen atoms in total. The van der Waals surface area contributed by atoms with Crippen LogP contribution in [-0.4, -0.2) is 34.3 Å². The summed E-state index contributed by atoms with van der Waals surface area (Å²) in [6.07, 6.45) is 6.44. The Balaban J connectivity index is 1.29. The highest BCUT2D eigenvalue weighted by Crippen LogP contribution is 2.38. The summed E-state index contributed by atoms with van der Waals surface area (Å²) >= 11 is 0. The first-order valence-corrected chi connectivity index (χ1v) is 11.7. The Morgan fingerprint density at radius 1 is 1.06 bits per heavy atom. The number of aromatic nitrogens is 1. The van der Waals surface area contributed by atoms with E-state index in [2.05, 4.69) is 10.3 Å². The lowest BCUT2D eigenvalue weighted by molar-refractivity contribution is -0.134. The van der Waals surface area contributed by atoms with E-state index < -0.39 is 0 Å². The van der Waals surface area contributed by atoms with Crippen LogP contribution in [0.2, 0.25) is 0 Å². The van der Waals surface area contributed by atoms with E-state index in [4.69, 9.17) is 5.73 Å². The molecule has 2 amide bonds. The van der Waals surface area contributed by atoms with E-state index in [1.807, 2.05) is 17.0 Å². The van der Waals surface area contributed by atoms with Gasteiger partial charge in [0.2, 0.25) is 5.91 Å². The SMILES string of the molecule is NC(c1ccc(C(=O)Nc2ccncc2)cc1)C1CCCN1C(=O)C1CCc2ccc(F)cc21. The predicted octanol–water partition coefficient (Wildman–Crippen LogP) is 4.19. The van der Waals surface area contributed by atoms with Crippen LogP contribution in [-0.2, 0) is 11.2 Å². The standard InChI is InChI=1S/C27H27FN4O2/c28-20-9-7-17-8-10-22(23(17)16-20)27(34)32-15-1-2-24(32)25(29)18-3-5-19(6-4-18)26(33)31-21-11-13-30-14-12-21/h3-7,9,11-14,16,22,24-25H,1-2,8,10,15,29H2,(H,30,31,33). The molecular formula is C27H27FN4O2. The molecule has 1 saturated heterocycles. The fourth-order valence-electron chi connectivity index (χ4n) is 5.19. The monoisotopic (exact) mass is 458 g/mol. The van der Waals surface area contributed by atoms with Gasteiger partial charge in [0, 0.05) is 30.2 Å². The van der Waals surface area contributed by atoms with Crippen LogP contribution in [0, 0.1) is 5.82 Å². The maximum absolute atomic E-state index is 13.8. The Morgan fingerprint density at radius 2 is 1.82 bits per heavy atom. The van der Waals surface area contributed by atoms with Crippen molar-refractivity contribution in [1.82, 2.24) is 9.88 Å². The first-order chi connectivity index (χ1) is 16.5. The number of aryl methyl sites for hydroxylation is 1. The molecule has 7 heteroatoms. The lowest BCUT2D eigenvalue weighted by Crippen LogP contribution is -2.43. The van der Waals surface area contributed by atoms with Gasteiger partial charge in [0.25, 0.3) is 5.91 Å². The molecule has 1 aliphatic carbocycles. The molecule has 2 heterocycles. The average Bonchev–Trinajstić information content (AvgIpc) is 3.51. The van der Waals surface area contributed by atoms with Gasteiger partial charge in [0.15, 0.2) is 0 Å². The van der Waals surface area contributed by atoms with Crippen LogP contribution < -0.4 is 11.1 Å². The van der Waals surface area contributed by atoms with Gasteiger partial charge >= 0.3 is 0 Å². The first kappa shape index (κ1) is 22.2. The highest BCUT2D eigenvalue weighted by Gasteiger charge is 2.39. The van der Waals surface area contributed by atoms with Crippen LogP contribution in [0.15, 0.2) is 67.0 Å². The summed E-state index contributed by atoms with van der Waals surface area (Å²) in [5.41, 5.74) is 10.6. The average molecular weight is 459 g/mol. The minimum atomic E-state index is -0.364. The highest BCUT2D eigenvalue weighted by atomic mass is 19.1. The number of fused-ring (bicyclic) bond motifs is 1. The van der Waals surface area contributed by atoms with Crippen LogP contribution in [0.5, 0.6) is 0 Å². The van der Waals surface area contributed by atoms with Crippen molar-refractivity contribution in [1.29, 1.82) is 0 Å². The van der Waals surface area contributed by atoms with E-state index in [1.165, 1.54) is 12.1 Å². The molecule has 1 aliphatic heterocycles. The summed E-state index contributed by atoms with van der Waals surface area (Å²) < 4.78 is 13.8. The minimum Gasteiger partial charge on any atom is -0.337 e. The molecule has 1 fully saturated rings. The van der Waals surface area contributed by atoms with Gasteiger partial charge in [-0.3, -0.25) is 14.6 Å². The van der Waals surface area contributed by atoms with Crippen molar-refractivity contribution >= 4 is 17.5 Å². The van der Waals surface area contributed by atoms with E-state index in [9.17, 15) is 14.0 Å². The van der Waals surface area contributed by atoms with Crippen molar-refractivity contribution in [2.75, 3.05) is 11.9 Å². The van der Waals surface area contributed by atoms with Gasteiger partial charge in [0.1, 0.15) is 5.82 Å². The van der Waals surface area contributed by atoms with Crippen LogP contribution in [0.4, 0.5) is 10.1 Å². The fraction of sp³-hybridized carbons (Fsp3) is 0.296.